The monoisotopic (exact) mass is 285 g/mol. The standard InChI is InChI=1S/C10H12BrN3O2/c1-6-2-8(11)9(3-10(6)14(15)16)13-7-4-12-5-7/h2-3,7,12-13H,4-5H2,1H3. The molecule has 1 aromatic rings. The zero-order valence-electron chi connectivity index (χ0n) is 8.79. The molecule has 0 bridgehead atoms. The summed E-state index contributed by atoms with van der Waals surface area (Å²) in [5, 5.41) is 17.2. The first-order chi connectivity index (χ1) is 7.58. The fourth-order valence-electron chi connectivity index (χ4n) is 1.58. The number of anilines is 1. The highest BCUT2D eigenvalue weighted by Gasteiger charge is 2.20. The smallest absolute Gasteiger partial charge is 0.274 e. The van der Waals surface area contributed by atoms with Crippen LogP contribution in [0.4, 0.5) is 11.4 Å². The Morgan fingerprint density at radius 1 is 1.56 bits per heavy atom. The predicted octanol–water partition coefficient (Wildman–Crippen LogP) is 2.05. The number of nitrogens with zero attached hydrogens (tertiary/aromatic N) is 1. The van der Waals surface area contributed by atoms with Crippen LogP contribution in [0.25, 0.3) is 0 Å². The molecule has 0 aromatic heterocycles. The summed E-state index contributed by atoms with van der Waals surface area (Å²) >= 11 is 3.41. The molecule has 0 aliphatic carbocycles. The van der Waals surface area contributed by atoms with E-state index in [1.54, 1.807) is 19.1 Å². The molecule has 0 amide bonds. The van der Waals surface area contributed by atoms with Crippen molar-refractivity contribution in [3.63, 3.8) is 0 Å². The molecule has 1 saturated heterocycles. The molecule has 0 radical (unpaired) electrons. The van der Waals surface area contributed by atoms with Crippen molar-refractivity contribution in [1.29, 1.82) is 0 Å². The molecular weight excluding hydrogens is 274 g/mol. The molecule has 2 N–H and O–H groups in total. The first-order valence-corrected chi connectivity index (χ1v) is 5.79. The quantitative estimate of drug-likeness (QED) is 0.659. The maximum Gasteiger partial charge on any atom is 0.274 e. The molecule has 0 spiro atoms. The molecular formula is C10H12BrN3O2. The number of nitro groups is 1. The summed E-state index contributed by atoms with van der Waals surface area (Å²) in [6.07, 6.45) is 0. The number of hydrogen-bond acceptors (Lipinski definition) is 4. The van der Waals surface area contributed by atoms with Gasteiger partial charge in [0, 0.05) is 29.2 Å². The fourth-order valence-corrected chi connectivity index (χ4v) is 2.15. The summed E-state index contributed by atoms with van der Waals surface area (Å²) in [4.78, 5) is 10.4. The van der Waals surface area contributed by atoms with Gasteiger partial charge in [-0.1, -0.05) is 0 Å². The Hall–Kier alpha value is -1.14. The minimum absolute atomic E-state index is 0.151. The summed E-state index contributed by atoms with van der Waals surface area (Å²) < 4.78 is 0.863. The van der Waals surface area contributed by atoms with Crippen LogP contribution in [0.3, 0.4) is 0 Å². The first kappa shape index (κ1) is 11.3. The van der Waals surface area contributed by atoms with Gasteiger partial charge in [-0.3, -0.25) is 10.1 Å². The van der Waals surface area contributed by atoms with Gasteiger partial charge in [-0.05, 0) is 28.9 Å². The minimum Gasteiger partial charge on any atom is -0.379 e. The predicted molar refractivity (Wildman–Crippen MR) is 65.8 cm³/mol. The Morgan fingerprint density at radius 3 is 2.75 bits per heavy atom. The van der Waals surface area contributed by atoms with Crippen LogP contribution in [0, 0.1) is 17.0 Å². The van der Waals surface area contributed by atoms with E-state index in [9.17, 15) is 10.1 Å². The lowest BCUT2D eigenvalue weighted by Crippen LogP contribution is -2.51. The number of halogens is 1. The van der Waals surface area contributed by atoms with Crippen LogP contribution < -0.4 is 10.6 Å². The number of rotatable bonds is 3. The van der Waals surface area contributed by atoms with Crippen molar-refractivity contribution in [2.75, 3.05) is 18.4 Å². The van der Waals surface area contributed by atoms with Crippen molar-refractivity contribution in [3.05, 3.63) is 32.3 Å². The summed E-state index contributed by atoms with van der Waals surface area (Å²) in [5.41, 5.74) is 1.59. The van der Waals surface area contributed by atoms with Crippen LogP contribution in [0.2, 0.25) is 0 Å². The van der Waals surface area contributed by atoms with E-state index < -0.39 is 0 Å². The first-order valence-electron chi connectivity index (χ1n) is 4.99. The van der Waals surface area contributed by atoms with Crippen molar-refractivity contribution < 1.29 is 4.92 Å². The molecule has 16 heavy (non-hydrogen) atoms. The maximum absolute atomic E-state index is 10.8. The summed E-state index contributed by atoms with van der Waals surface area (Å²) in [6.45, 7) is 3.53. The molecule has 0 saturated carbocycles. The van der Waals surface area contributed by atoms with Crippen LogP contribution >= 0.6 is 15.9 Å². The van der Waals surface area contributed by atoms with E-state index in [1.165, 1.54) is 0 Å². The van der Waals surface area contributed by atoms with Crippen molar-refractivity contribution in [2.24, 2.45) is 0 Å². The second-order valence-electron chi connectivity index (χ2n) is 3.88. The fraction of sp³-hybridized carbons (Fsp3) is 0.400. The van der Waals surface area contributed by atoms with E-state index in [0.717, 1.165) is 23.2 Å². The highest BCUT2D eigenvalue weighted by atomic mass is 79.9. The second kappa shape index (κ2) is 4.39. The Morgan fingerprint density at radius 2 is 2.25 bits per heavy atom. The van der Waals surface area contributed by atoms with Crippen LogP contribution in [0.1, 0.15) is 5.56 Å². The van der Waals surface area contributed by atoms with E-state index in [0.29, 0.717) is 11.6 Å². The van der Waals surface area contributed by atoms with Gasteiger partial charge in [0.25, 0.3) is 5.69 Å². The van der Waals surface area contributed by atoms with Gasteiger partial charge in [0.1, 0.15) is 0 Å². The van der Waals surface area contributed by atoms with Gasteiger partial charge in [-0.15, -0.1) is 0 Å². The second-order valence-corrected chi connectivity index (χ2v) is 4.73. The SMILES string of the molecule is Cc1cc(Br)c(NC2CNC2)cc1[N+](=O)[O-]. The van der Waals surface area contributed by atoms with Crippen LogP contribution in [0.15, 0.2) is 16.6 Å². The Bertz CT molecular complexity index is 432. The Balaban J connectivity index is 2.28. The van der Waals surface area contributed by atoms with Crippen LogP contribution in [-0.2, 0) is 0 Å². The molecule has 5 nitrogen and oxygen atoms in total. The molecule has 1 fully saturated rings. The third-order valence-electron chi connectivity index (χ3n) is 2.62. The van der Waals surface area contributed by atoms with Gasteiger partial charge in [0.2, 0.25) is 0 Å². The number of nitrogens with one attached hydrogen (secondary N) is 2. The van der Waals surface area contributed by atoms with Crippen molar-refractivity contribution in [2.45, 2.75) is 13.0 Å². The lowest BCUT2D eigenvalue weighted by atomic mass is 10.1. The van der Waals surface area contributed by atoms with E-state index in [4.69, 9.17) is 0 Å². The third kappa shape index (κ3) is 2.17. The molecule has 86 valence electrons. The highest BCUT2D eigenvalue weighted by molar-refractivity contribution is 9.10. The van der Waals surface area contributed by atoms with Crippen LogP contribution in [0.5, 0.6) is 0 Å². The lowest BCUT2D eigenvalue weighted by Gasteiger charge is -2.29. The number of hydrogen-bond donors (Lipinski definition) is 2. The van der Waals surface area contributed by atoms with Crippen molar-refractivity contribution >= 4 is 27.3 Å². The zero-order valence-corrected chi connectivity index (χ0v) is 10.4. The molecule has 2 rings (SSSR count). The Labute approximate surface area is 102 Å². The molecule has 6 heteroatoms. The third-order valence-corrected chi connectivity index (χ3v) is 3.28. The molecule has 1 heterocycles. The average Bonchev–Trinajstić information content (AvgIpc) is 2.13. The molecule has 0 atom stereocenters. The van der Waals surface area contributed by atoms with Gasteiger partial charge in [-0.2, -0.15) is 0 Å². The number of nitro benzene ring substituents is 1. The van der Waals surface area contributed by atoms with Gasteiger partial charge < -0.3 is 10.6 Å². The minimum atomic E-state index is -0.355. The Kier molecular flexibility index (Phi) is 3.11. The van der Waals surface area contributed by atoms with Gasteiger partial charge in [-0.25, -0.2) is 0 Å². The maximum atomic E-state index is 10.8. The average molecular weight is 286 g/mol. The van der Waals surface area contributed by atoms with E-state index in [2.05, 4.69) is 26.6 Å². The molecule has 1 aliphatic rings. The van der Waals surface area contributed by atoms with E-state index >= 15 is 0 Å². The van der Waals surface area contributed by atoms with Crippen LogP contribution in [-0.4, -0.2) is 24.1 Å². The zero-order chi connectivity index (χ0) is 11.7. The summed E-state index contributed by atoms with van der Waals surface area (Å²) in [6, 6.07) is 3.71. The summed E-state index contributed by atoms with van der Waals surface area (Å²) in [7, 11) is 0. The van der Waals surface area contributed by atoms with Crippen molar-refractivity contribution in [1.82, 2.24) is 5.32 Å². The van der Waals surface area contributed by atoms with Gasteiger partial charge in [0.05, 0.1) is 16.7 Å². The van der Waals surface area contributed by atoms with E-state index in [-0.39, 0.29) is 10.6 Å². The largest absolute Gasteiger partial charge is 0.379 e. The van der Waals surface area contributed by atoms with E-state index in [1.807, 2.05) is 0 Å². The molecule has 0 unspecified atom stereocenters. The highest BCUT2D eigenvalue weighted by Crippen LogP contribution is 2.31. The molecule has 1 aliphatic heterocycles. The lowest BCUT2D eigenvalue weighted by molar-refractivity contribution is -0.385. The van der Waals surface area contributed by atoms with Crippen molar-refractivity contribution in [3.8, 4) is 0 Å². The van der Waals surface area contributed by atoms with Gasteiger partial charge in [0.15, 0.2) is 0 Å². The normalized spacial score (nSPS) is 15.6. The molecule has 1 aromatic carbocycles. The number of benzene rings is 1. The van der Waals surface area contributed by atoms with Gasteiger partial charge >= 0.3 is 0 Å². The topological polar surface area (TPSA) is 67.2 Å². The summed E-state index contributed by atoms with van der Waals surface area (Å²) in [5.74, 6) is 0. The number of aryl methyl sites for hydroxylation is 1.